The van der Waals surface area contributed by atoms with Crippen LogP contribution in [0.25, 0.3) is 0 Å². The molecule has 0 amide bonds. The second kappa shape index (κ2) is 7.21. The summed E-state index contributed by atoms with van der Waals surface area (Å²) in [5, 5.41) is 8.87. The molecule has 1 saturated carbocycles. The van der Waals surface area contributed by atoms with E-state index < -0.39 is 0 Å². The maximum atomic E-state index is 8.87. The first-order chi connectivity index (χ1) is 6.88. The summed E-state index contributed by atoms with van der Waals surface area (Å²) in [5.74, 6) is 0. The van der Waals surface area contributed by atoms with Gasteiger partial charge in [0.1, 0.15) is 0 Å². The summed E-state index contributed by atoms with van der Waals surface area (Å²) in [5.41, 5.74) is 0. The number of hydrogen-bond acceptors (Lipinski definition) is 3. The number of aliphatic hydroxyl groups is 1. The van der Waals surface area contributed by atoms with E-state index in [2.05, 4.69) is 11.8 Å². The van der Waals surface area contributed by atoms with E-state index in [1.807, 2.05) is 0 Å². The molecule has 3 nitrogen and oxygen atoms in total. The summed E-state index contributed by atoms with van der Waals surface area (Å²) in [6, 6.07) is 0.733. The number of rotatable bonds is 9. The van der Waals surface area contributed by atoms with Crippen molar-refractivity contribution in [1.29, 1.82) is 0 Å². The SMILES string of the molecule is CCCCOCCN(CCO)C1CC1. The van der Waals surface area contributed by atoms with Gasteiger partial charge in [-0.15, -0.1) is 0 Å². The normalized spacial score (nSPS) is 16.5. The van der Waals surface area contributed by atoms with Gasteiger partial charge in [-0.2, -0.15) is 0 Å². The second-order valence-corrected chi connectivity index (χ2v) is 3.96. The average Bonchev–Trinajstić information content (AvgIpc) is 2.99. The highest BCUT2D eigenvalue weighted by Crippen LogP contribution is 2.25. The summed E-state index contributed by atoms with van der Waals surface area (Å²) >= 11 is 0. The Bertz CT molecular complexity index is 137. The Morgan fingerprint density at radius 3 is 2.64 bits per heavy atom. The molecule has 0 heterocycles. The van der Waals surface area contributed by atoms with Crippen molar-refractivity contribution in [2.75, 3.05) is 32.9 Å². The summed E-state index contributed by atoms with van der Waals surface area (Å²) in [6.07, 6.45) is 4.95. The number of ether oxygens (including phenoxy) is 1. The fraction of sp³-hybridized carbons (Fsp3) is 1.00. The standard InChI is InChI=1S/C11H23NO2/c1-2-3-9-14-10-7-12(6-8-13)11-4-5-11/h11,13H,2-10H2,1H3. The first kappa shape index (κ1) is 12.0. The van der Waals surface area contributed by atoms with E-state index in [9.17, 15) is 0 Å². The molecule has 0 bridgehead atoms. The fourth-order valence-electron chi connectivity index (χ4n) is 1.58. The van der Waals surface area contributed by atoms with Gasteiger partial charge < -0.3 is 9.84 Å². The molecule has 0 spiro atoms. The monoisotopic (exact) mass is 201 g/mol. The Kier molecular flexibility index (Phi) is 6.15. The van der Waals surface area contributed by atoms with Crippen LogP contribution in [0.15, 0.2) is 0 Å². The van der Waals surface area contributed by atoms with Gasteiger partial charge in [0.25, 0.3) is 0 Å². The molecule has 1 N–H and O–H groups in total. The Labute approximate surface area is 87.1 Å². The predicted octanol–water partition coefficient (Wildman–Crippen LogP) is 1.26. The lowest BCUT2D eigenvalue weighted by Crippen LogP contribution is -2.32. The zero-order valence-corrected chi connectivity index (χ0v) is 9.24. The van der Waals surface area contributed by atoms with Crippen LogP contribution in [0, 0.1) is 0 Å². The van der Waals surface area contributed by atoms with Crippen molar-refractivity contribution < 1.29 is 9.84 Å². The highest BCUT2D eigenvalue weighted by Gasteiger charge is 2.27. The highest BCUT2D eigenvalue weighted by atomic mass is 16.5. The third-order valence-electron chi connectivity index (χ3n) is 2.62. The highest BCUT2D eigenvalue weighted by molar-refractivity contribution is 4.84. The van der Waals surface area contributed by atoms with E-state index >= 15 is 0 Å². The van der Waals surface area contributed by atoms with Crippen molar-refractivity contribution >= 4 is 0 Å². The lowest BCUT2D eigenvalue weighted by atomic mass is 10.4. The quantitative estimate of drug-likeness (QED) is 0.570. The van der Waals surface area contributed by atoms with E-state index in [4.69, 9.17) is 9.84 Å². The Balaban J connectivity index is 1.96. The summed E-state index contributed by atoms with van der Waals surface area (Å²) in [7, 11) is 0. The van der Waals surface area contributed by atoms with Crippen LogP contribution in [0.2, 0.25) is 0 Å². The molecule has 0 aromatic rings. The summed E-state index contributed by atoms with van der Waals surface area (Å²) in [6.45, 7) is 5.93. The minimum atomic E-state index is 0.269. The minimum Gasteiger partial charge on any atom is -0.395 e. The van der Waals surface area contributed by atoms with E-state index in [1.54, 1.807) is 0 Å². The molecular weight excluding hydrogens is 178 g/mol. The second-order valence-electron chi connectivity index (χ2n) is 3.96. The molecule has 0 aromatic carbocycles. The maximum Gasteiger partial charge on any atom is 0.0593 e. The van der Waals surface area contributed by atoms with Gasteiger partial charge in [0.2, 0.25) is 0 Å². The molecule has 0 saturated heterocycles. The van der Waals surface area contributed by atoms with Crippen molar-refractivity contribution in [1.82, 2.24) is 4.90 Å². The zero-order valence-electron chi connectivity index (χ0n) is 9.24. The molecule has 0 atom stereocenters. The molecule has 1 aliphatic rings. The van der Waals surface area contributed by atoms with Gasteiger partial charge in [0.05, 0.1) is 13.2 Å². The molecule has 1 aliphatic carbocycles. The van der Waals surface area contributed by atoms with Gasteiger partial charge in [-0.3, -0.25) is 4.90 Å². The van der Waals surface area contributed by atoms with E-state index in [1.165, 1.54) is 19.3 Å². The number of aliphatic hydroxyl groups excluding tert-OH is 1. The first-order valence-corrected chi connectivity index (χ1v) is 5.81. The van der Waals surface area contributed by atoms with Crippen LogP contribution >= 0.6 is 0 Å². The molecule has 84 valence electrons. The van der Waals surface area contributed by atoms with E-state index in [-0.39, 0.29) is 6.61 Å². The van der Waals surface area contributed by atoms with Crippen LogP contribution in [0.3, 0.4) is 0 Å². The molecular formula is C11H23NO2. The summed E-state index contributed by atoms with van der Waals surface area (Å²) in [4.78, 5) is 2.34. The number of hydrogen-bond donors (Lipinski definition) is 1. The number of unbranched alkanes of at least 4 members (excludes halogenated alkanes) is 1. The molecule has 0 unspecified atom stereocenters. The zero-order chi connectivity index (χ0) is 10.2. The van der Waals surface area contributed by atoms with Crippen LogP contribution in [0.5, 0.6) is 0 Å². The molecule has 1 rings (SSSR count). The van der Waals surface area contributed by atoms with Gasteiger partial charge in [-0.05, 0) is 19.3 Å². The van der Waals surface area contributed by atoms with Crippen LogP contribution < -0.4 is 0 Å². The molecule has 14 heavy (non-hydrogen) atoms. The summed E-state index contributed by atoms with van der Waals surface area (Å²) < 4.78 is 5.51. The van der Waals surface area contributed by atoms with Crippen LogP contribution in [-0.2, 0) is 4.74 Å². The van der Waals surface area contributed by atoms with Crippen LogP contribution in [0.4, 0.5) is 0 Å². The maximum absolute atomic E-state index is 8.87. The van der Waals surface area contributed by atoms with Crippen molar-refractivity contribution in [3.8, 4) is 0 Å². The average molecular weight is 201 g/mol. The minimum absolute atomic E-state index is 0.269. The number of nitrogens with zero attached hydrogens (tertiary/aromatic N) is 1. The Morgan fingerprint density at radius 2 is 2.07 bits per heavy atom. The molecule has 0 aromatic heterocycles. The van der Waals surface area contributed by atoms with Crippen molar-refractivity contribution in [2.45, 2.75) is 38.6 Å². The van der Waals surface area contributed by atoms with Crippen molar-refractivity contribution in [3.63, 3.8) is 0 Å². The Morgan fingerprint density at radius 1 is 1.29 bits per heavy atom. The third-order valence-corrected chi connectivity index (χ3v) is 2.62. The predicted molar refractivity (Wildman–Crippen MR) is 57.4 cm³/mol. The van der Waals surface area contributed by atoms with Crippen molar-refractivity contribution in [3.05, 3.63) is 0 Å². The van der Waals surface area contributed by atoms with Gasteiger partial charge >= 0.3 is 0 Å². The third kappa shape index (κ3) is 4.94. The first-order valence-electron chi connectivity index (χ1n) is 5.81. The molecule has 1 fully saturated rings. The largest absolute Gasteiger partial charge is 0.395 e. The lowest BCUT2D eigenvalue weighted by Gasteiger charge is -2.20. The lowest BCUT2D eigenvalue weighted by molar-refractivity contribution is 0.0908. The van der Waals surface area contributed by atoms with Crippen LogP contribution in [-0.4, -0.2) is 49.0 Å². The fourth-order valence-corrected chi connectivity index (χ4v) is 1.58. The van der Waals surface area contributed by atoms with Gasteiger partial charge in [0.15, 0.2) is 0 Å². The van der Waals surface area contributed by atoms with E-state index in [0.29, 0.717) is 0 Å². The van der Waals surface area contributed by atoms with E-state index in [0.717, 1.165) is 38.8 Å². The van der Waals surface area contributed by atoms with Gasteiger partial charge in [0, 0.05) is 25.7 Å². The van der Waals surface area contributed by atoms with Gasteiger partial charge in [-0.25, -0.2) is 0 Å². The molecule has 0 radical (unpaired) electrons. The molecule has 3 heteroatoms. The Hall–Kier alpha value is -0.120. The smallest absolute Gasteiger partial charge is 0.0593 e. The molecule has 0 aliphatic heterocycles. The van der Waals surface area contributed by atoms with Crippen LogP contribution in [0.1, 0.15) is 32.6 Å². The van der Waals surface area contributed by atoms with Gasteiger partial charge in [-0.1, -0.05) is 13.3 Å². The topological polar surface area (TPSA) is 32.7 Å². The van der Waals surface area contributed by atoms with Crippen molar-refractivity contribution in [2.24, 2.45) is 0 Å².